The van der Waals surface area contributed by atoms with Gasteiger partial charge in [0.15, 0.2) is 0 Å². The van der Waals surface area contributed by atoms with Crippen LogP contribution < -0.4 is 5.32 Å². The average molecular weight is 378 g/mol. The van der Waals surface area contributed by atoms with Crippen LogP contribution in [0, 0.1) is 11.8 Å². The highest BCUT2D eigenvalue weighted by Crippen LogP contribution is 2.39. The van der Waals surface area contributed by atoms with Gasteiger partial charge < -0.3 is 5.32 Å². The second-order valence-corrected chi connectivity index (χ2v) is 6.69. The van der Waals surface area contributed by atoms with E-state index < -0.39 is 0 Å². The molecule has 0 bridgehead atoms. The van der Waals surface area contributed by atoms with Crippen LogP contribution in [0.3, 0.4) is 0 Å². The minimum Gasteiger partial charge on any atom is -0.391 e. The Kier molecular flexibility index (Phi) is 18.3. The van der Waals surface area contributed by atoms with Crippen molar-refractivity contribution in [2.45, 2.75) is 79.1 Å². The summed E-state index contributed by atoms with van der Waals surface area (Å²) in [5.41, 5.74) is 3.08. The first-order valence-corrected chi connectivity index (χ1v) is 10.6. The summed E-state index contributed by atoms with van der Waals surface area (Å²) in [4.78, 5) is 0. The van der Waals surface area contributed by atoms with Crippen molar-refractivity contribution in [3.05, 3.63) is 61.1 Å². The molecule has 0 aliphatic heterocycles. The summed E-state index contributed by atoms with van der Waals surface area (Å²) in [6.45, 7) is 22.3. The predicted molar refractivity (Wildman–Crippen MR) is 122 cm³/mol. The van der Waals surface area contributed by atoms with Crippen molar-refractivity contribution in [2.24, 2.45) is 11.8 Å². The van der Waals surface area contributed by atoms with E-state index in [4.69, 9.17) is 0 Å². The lowest BCUT2D eigenvalue weighted by atomic mass is 9.86. The molecule has 0 saturated carbocycles. The maximum absolute atomic E-state index is 14.5. The molecule has 1 atom stereocenters. The molecule has 0 amide bonds. The van der Waals surface area contributed by atoms with Gasteiger partial charge in [-0.3, -0.25) is 0 Å². The molecule has 0 aromatic carbocycles. The summed E-state index contributed by atoms with van der Waals surface area (Å²) in [7, 11) is 1.86. The molecule has 0 saturated heterocycles. The summed E-state index contributed by atoms with van der Waals surface area (Å²) < 4.78 is 14.5. The number of hydrogen-bond acceptors (Lipinski definition) is 1. The zero-order valence-corrected chi connectivity index (χ0v) is 18.7. The van der Waals surface area contributed by atoms with Crippen LogP contribution in [0.2, 0.25) is 0 Å². The first-order chi connectivity index (χ1) is 13.1. The van der Waals surface area contributed by atoms with Crippen LogP contribution >= 0.6 is 0 Å². The number of halogens is 1. The van der Waals surface area contributed by atoms with Crippen LogP contribution in [0.15, 0.2) is 61.1 Å². The first kappa shape index (κ1) is 27.6. The Bertz CT molecular complexity index is 467. The fourth-order valence-electron chi connectivity index (χ4n) is 3.63. The Balaban J connectivity index is 0. The molecule has 0 aromatic heterocycles. The maximum atomic E-state index is 14.5. The molecule has 0 heterocycles. The van der Waals surface area contributed by atoms with Crippen molar-refractivity contribution >= 4 is 0 Å². The van der Waals surface area contributed by atoms with Crippen LogP contribution in [0.4, 0.5) is 4.39 Å². The van der Waals surface area contributed by atoms with E-state index >= 15 is 0 Å². The molecule has 1 aliphatic carbocycles. The highest BCUT2D eigenvalue weighted by Gasteiger charge is 2.26. The SMILES string of the molecule is C=C.C=CCCC(C(=C)NC)C1=C(F)C=C(CC(CCC)CCC)C1.CC. The molecule has 0 fully saturated rings. The number of hydrogen-bond donors (Lipinski definition) is 1. The Morgan fingerprint density at radius 2 is 1.74 bits per heavy atom. The van der Waals surface area contributed by atoms with E-state index in [1.165, 1.54) is 31.3 Å². The van der Waals surface area contributed by atoms with Crippen molar-refractivity contribution in [2.75, 3.05) is 7.05 Å². The van der Waals surface area contributed by atoms with E-state index in [1.807, 2.05) is 27.0 Å². The molecule has 2 heteroatoms. The summed E-state index contributed by atoms with van der Waals surface area (Å²) >= 11 is 0. The van der Waals surface area contributed by atoms with Crippen LogP contribution in [0.1, 0.15) is 79.1 Å². The zero-order valence-electron chi connectivity index (χ0n) is 18.7. The molecule has 1 N–H and O–H groups in total. The smallest absolute Gasteiger partial charge is 0.123 e. The fraction of sp³-hybridized carbons (Fsp3) is 0.600. The molecular weight excluding hydrogens is 333 g/mol. The molecule has 1 aliphatic rings. The van der Waals surface area contributed by atoms with Crippen LogP contribution in [0.5, 0.6) is 0 Å². The average Bonchev–Trinajstić information content (AvgIpc) is 3.05. The largest absolute Gasteiger partial charge is 0.391 e. The van der Waals surface area contributed by atoms with Crippen molar-refractivity contribution < 1.29 is 4.39 Å². The number of rotatable bonds is 12. The van der Waals surface area contributed by atoms with E-state index in [1.54, 1.807) is 6.08 Å². The van der Waals surface area contributed by atoms with Gasteiger partial charge in [-0.05, 0) is 43.3 Å². The summed E-state index contributed by atoms with van der Waals surface area (Å²) in [6.07, 6.45) is 12.2. The van der Waals surface area contributed by atoms with Gasteiger partial charge in [-0.15, -0.1) is 19.7 Å². The van der Waals surface area contributed by atoms with Gasteiger partial charge in [-0.25, -0.2) is 4.39 Å². The highest BCUT2D eigenvalue weighted by atomic mass is 19.1. The van der Waals surface area contributed by atoms with E-state index in [0.29, 0.717) is 5.92 Å². The monoisotopic (exact) mass is 377 g/mol. The lowest BCUT2D eigenvalue weighted by Crippen LogP contribution is -2.17. The Labute approximate surface area is 169 Å². The second-order valence-electron chi connectivity index (χ2n) is 6.69. The van der Waals surface area contributed by atoms with Crippen LogP contribution in [-0.2, 0) is 0 Å². The third-order valence-corrected chi connectivity index (χ3v) is 4.82. The third-order valence-electron chi connectivity index (χ3n) is 4.82. The Morgan fingerprint density at radius 1 is 1.19 bits per heavy atom. The maximum Gasteiger partial charge on any atom is 0.123 e. The van der Waals surface area contributed by atoms with E-state index in [2.05, 4.69) is 45.5 Å². The Hall–Kier alpha value is -1.57. The van der Waals surface area contributed by atoms with E-state index in [9.17, 15) is 4.39 Å². The lowest BCUT2D eigenvalue weighted by Gasteiger charge is -2.22. The molecule has 27 heavy (non-hydrogen) atoms. The normalized spacial score (nSPS) is 13.8. The van der Waals surface area contributed by atoms with E-state index in [-0.39, 0.29) is 11.7 Å². The molecule has 0 spiro atoms. The Morgan fingerprint density at radius 3 is 2.19 bits per heavy atom. The van der Waals surface area contributed by atoms with E-state index in [0.717, 1.165) is 37.0 Å². The predicted octanol–water partition coefficient (Wildman–Crippen LogP) is 8.29. The zero-order chi connectivity index (χ0) is 21.2. The van der Waals surface area contributed by atoms with Gasteiger partial charge >= 0.3 is 0 Å². The van der Waals surface area contributed by atoms with Crippen LogP contribution in [0.25, 0.3) is 0 Å². The number of allylic oxidation sites excluding steroid dienone is 5. The van der Waals surface area contributed by atoms with Crippen LogP contribution in [-0.4, -0.2) is 7.05 Å². The molecular formula is C25H44FN. The lowest BCUT2D eigenvalue weighted by molar-refractivity contribution is 0.433. The quantitative estimate of drug-likeness (QED) is 0.337. The topological polar surface area (TPSA) is 12.0 Å². The molecule has 156 valence electrons. The summed E-state index contributed by atoms with van der Waals surface area (Å²) in [5, 5.41) is 3.11. The second kappa shape index (κ2) is 17.8. The highest BCUT2D eigenvalue weighted by molar-refractivity contribution is 5.39. The van der Waals surface area contributed by atoms with Crippen molar-refractivity contribution in [3.63, 3.8) is 0 Å². The summed E-state index contributed by atoms with van der Waals surface area (Å²) in [5.74, 6) is 0.738. The molecule has 1 unspecified atom stereocenters. The minimum atomic E-state index is -0.0304. The van der Waals surface area contributed by atoms with Gasteiger partial charge in [0.05, 0.1) is 0 Å². The third kappa shape index (κ3) is 10.4. The van der Waals surface area contributed by atoms with Gasteiger partial charge in [0, 0.05) is 18.7 Å². The fourth-order valence-corrected chi connectivity index (χ4v) is 3.63. The van der Waals surface area contributed by atoms with Gasteiger partial charge in [0.1, 0.15) is 5.83 Å². The summed E-state index contributed by atoms with van der Waals surface area (Å²) in [6, 6.07) is 0. The van der Waals surface area contributed by atoms with Gasteiger partial charge in [0.25, 0.3) is 0 Å². The molecule has 0 radical (unpaired) electrons. The van der Waals surface area contributed by atoms with Gasteiger partial charge in [-0.2, -0.15) is 0 Å². The van der Waals surface area contributed by atoms with Crippen molar-refractivity contribution in [1.82, 2.24) is 5.32 Å². The molecule has 0 aromatic rings. The minimum absolute atomic E-state index is 0.0304. The standard InChI is InChI=1S/C21H34FN.C2H6.C2H4/c1-6-9-12-19(16(4)23-5)20-14-18(15-21(20)22)13-17(10-7-2)11-8-3;2*1-2/h6,15,17,19,23H,1,4,7-14H2,2-3,5H3;1-2H3;1-2H2. The molecule has 1 rings (SSSR count). The molecule has 1 nitrogen and oxygen atoms in total. The van der Waals surface area contributed by atoms with Crippen molar-refractivity contribution in [3.8, 4) is 0 Å². The first-order valence-electron chi connectivity index (χ1n) is 10.6. The van der Waals surface area contributed by atoms with Gasteiger partial charge in [0.2, 0.25) is 0 Å². The number of nitrogens with one attached hydrogen (secondary N) is 1. The van der Waals surface area contributed by atoms with Gasteiger partial charge in [-0.1, -0.05) is 71.6 Å². The van der Waals surface area contributed by atoms with Crippen molar-refractivity contribution in [1.29, 1.82) is 0 Å².